The minimum Gasteiger partial charge on any atom is -0.358 e. The maximum Gasteiger partial charge on any atom is 2.00 e. The first kappa shape index (κ1) is 42.7. The average molecular weight is 367 g/mol. The Kier molecular flexibility index (Phi) is 157. The zero-order valence-electron chi connectivity index (χ0n) is 11.2. The molecule has 2 rings (SSSR count). The van der Waals surface area contributed by atoms with E-state index >= 15 is 0 Å². The van der Waals surface area contributed by atoms with Crippen molar-refractivity contribution in [3.8, 4) is 0 Å². The molecule has 112 valence electrons. The topological polar surface area (TPSA) is 79.6 Å². The van der Waals surface area contributed by atoms with Crippen molar-refractivity contribution in [3.05, 3.63) is 94.7 Å². The summed E-state index contributed by atoms with van der Waals surface area (Å²) >= 11 is 0. The summed E-state index contributed by atoms with van der Waals surface area (Å²) in [4.78, 5) is 0. The van der Waals surface area contributed by atoms with Gasteiger partial charge in [0.15, 0.2) is 0 Å². The molecule has 0 aliphatic rings. The molecule has 4 nitrogen and oxygen atoms in total. The standard InChI is InChI=1S/2C5H5.4CO.CH3.2Mn/c2*1-2-4-5-3-1;4*1-2;;;/h2*1-5H;;;;;1H3;;/q2*-1;;;;;-1;;+2. The van der Waals surface area contributed by atoms with Gasteiger partial charge in [-0.15, -0.1) is 0 Å². The van der Waals surface area contributed by atoms with Crippen molar-refractivity contribution < 1.29 is 52.7 Å². The van der Waals surface area contributed by atoms with Gasteiger partial charge in [-0.25, -0.2) is 24.3 Å². The van der Waals surface area contributed by atoms with Crippen LogP contribution in [0.4, 0.5) is 0 Å². The van der Waals surface area contributed by atoms with Gasteiger partial charge in [0.1, 0.15) is 0 Å². The largest absolute Gasteiger partial charge is 2.00 e. The van der Waals surface area contributed by atoms with E-state index in [1.54, 1.807) is 0 Å². The molecule has 0 N–H and O–H groups in total. The van der Waals surface area contributed by atoms with Crippen LogP contribution in [0.1, 0.15) is 0 Å². The Morgan fingerprint density at radius 3 is 0.714 bits per heavy atom. The van der Waals surface area contributed by atoms with Crippen LogP contribution in [-0.2, 0) is 52.7 Å². The molecule has 0 saturated heterocycles. The van der Waals surface area contributed by atoms with Crippen LogP contribution in [0.3, 0.4) is 0 Å². The summed E-state index contributed by atoms with van der Waals surface area (Å²) in [5.41, 5.74) is 0. The van der Waals surface area contributed by atoms with Crippen LogP contribution in [0.25, 0.3) is 0 Å². The monoisotopic (exact) mass is 367 g/mol. The quantitative estimate of drug-likeness (QED) is 0.390. The molecule has 0 heterocycles. The summed E-state index contributed by atoms with van der Waals surface area (Å²) in [6.45, 7) is 18.0. The second-order valence-electron chi connectivity index (χ2n) is 1.92. The summed E-state index contributed by atoms with van der Waals surface area (Å²) in [6.07, 6.45) is 0. The zero-order chi connectivity index (χ0) is 15.1. The fraction of sp³-hybridized carbons (Fsp3) is 0. The van der Waals surface area contributed by atoms with Crippen molar-refractivity contribution in [2.75, 3.05) is 0 Å². The van der Waals surface area contributed by atoms with E-state index in [-0.39, 0.29) is 41.6 Å². The van der Waals surface area contributed by atoms with E-state index in [9.17, 15) is 0 Å². The summed E-state index contributed by atoms with van der Waals surface area (Å²) in [7, 11) is 0. The first-order valence-corrected chi connectivity index (χ1v) is 4.15. The first-order valence-electron chi connectivity index (χ1n) is 4.15. The molecule has 0 spiro atoms. The van der Waals surface area contributed by atoms with Gasteiger partial charge in [-0.3, -0.25) is 0 Å². The van der Waals surface area contributed by atoms with Crippen molar-refractivity contribution in [2.24, 2.45) is 0 Å². The Bertz CT molecular complexity index is 275. The van der Waals surface area contributed by atoms with Crippen LogP contribution < -0.4 is 0 Å². The number of hydrogen-bond acceptors (Lipinski definition) is 0. The second kappa shape index (κ2) is 77.4. The van der Waals surface area contributed by atoms with E-state index in [0.717, 1.165) is 0 Å². The number of rotatable bonds is 0. The molecule has 0 aliphatic heterocycles. The molecule has 0 aromatic heterocycles. The molecule has 0 saturated carbocycles. The van der Waals surface area contributed by atoms with Crippen molar-refractivity contribution in [1.82, 2.24) is 0 Å². The van der Waals surface area contributed by atoms with Crippen molar-refractivity contribution >= 4 is 0 Å². The van der Waals surface area contributed by atoms with Crippen molar-refractivity contribution in [1.29, 1.82) is 0 Å². The third kappa shape index (κ3) is 68.9. The van der Waals surface area contributed by atoms with Crippen LogP contribution in [0.2, 0.25) is 0 Å². The molecule has 0 atom stereocenters. The third-order valence-electron chi connectivity index (χ3n) is 1.11. The van der Waals surface area contributed by atoms with Crippen LogP contribution in [0.15, 0.2) is 60.7 Å². The van der Waals surface area contributed by atoms with Gasteiger partial charge in [0.05, 0.1) is 0 Å². The zero-order valence-corrected chi connectivity index (χ0v) is 13.5. The van der Waals surface area contributed by atoms with Gasteiger partial charge >= 0.3 is 62.3 Å². The molecule has 2 aromatic rings. The minimum atomic E-state index is 0. The number of hydrogen-bond donors (Lipinski definition) is 0. The Balaban J connectivity index is -0.0000000234. The van der Waals surface area contributed by atoms with Gasteiger partial charge in [-0.2, -0.15) is 36.4 Å². The molecule has 0 unspecified atom stereocenters. The molecular weight excluding hydrogens is 354 g/mol. The van der Waals surface area contributed by atoms with Gasteiger partial charge in [0.25, 0.3) is 0 Å². The third-order valence-corrected chi connectivity index (χ3v) is 1.11. The maximum absolute atomic E-state index is 7.50. The van der Waals surface area contributed by atoms with Crippen molar-refractivity contribution in [3.63, 3.8) is 0 Å². The minimum absolute atomic E-state index is 0. The Hall–Kier alpha value is -1.30. The molecule has 2 radical (unpaired) electrons. The van der Waals surface area contributed by atoms with Gasteiger partial charge < -0.3 is 7.43 Å². The Labute approximate surface area is 147 Å². The van der Waals surface area contributed by atoms with Crippen molar-refractivity contribution in [2.45, 2.75) is 0 Å². The average Bonchev–Trinajstić information content (AvgIpc) is 3.25. The molecule has 21 heavy (non-hydrogen) atoms. The van der Waals surface area contributed by atoms with E-state index < -0.39 is 0 Å². The molecule has 2 aromatic carbocycles. The van der Waals surface area contributed by atoms with Crippen LogP contribution >= 0.6 is 0 Å². The maximum atomic E-state index is 7.50. The smallest absolute Gasteiger partial charge is 0.358 e. The van der Waals surface area contributed by atoms with Crippen LogP contribution in [-0.4, -0.2) is 0 Å². The van der Waals surface area contributed by atoms with E-state index in [0.29, 0.717) is 0 Å². The first-order chi connectivity index (χ1) is 9.00. The molecule has 0 fully saturated rings. The predicted molar refractivity (Wildman–Crippen MR) is 66.2 cm³/mol. The predicted octanol–water partition coefficient (Wildman–Crippen LogP) is 3.11. The van der Waals surface area contributed by atoms with Gasteiger partial charge in [-0.1, -0.05) is 0 Å². The van der Waals surface area contributed by atoms with Gasteiger partial charge in [0, 0.05) is 17.1 Å². The summed E-state index contributed by atoms with van der Waals surface area (Å²) in [5.74, 6) is 0. The van der Waals surface area contributed by atoms with Gasteiger partial charge in [0.2, 0.25) is 0 Å². The molecule has 0 bridgehead atoms. The summed E-state index contributed by atoms with van der Waals surface area (Å²) in [5, 5.41) is 0. The molecule has 0 amide bonds. The molecule has 6 heteroatoms. The Morgan fingerprint density at radius 1 is 0.524 bits per heavy atom. The van der Waals surface area contributed by atoms with Crippen LogP contribution in [0, 0.1) is 34.0 Å². The fourth-order valence-electron chi connectivity index (χ4n) is 0.642. The van der Waals surface area contributed by atoms with Crippen LogP contribution in [0.5, 0.6) is 0 Å². The summed E-state index contributed by atoms with van der Waals surface area (Å²) in [6, 6.07) is 20.0. The van der Waals surface area contributed by atoms with E-state index in [4.69, 9.17) is 18.6 Å². The second-order valence-corrected chi connectivity index (χ2v) is 1.92. The van der Waals surface area contributed by atoms with Gasteiger partial charge in [-0.05, 0) is 0 Å². The fourth-order valence-corrected chi connectivity index (χ4v) is 0.642. The SMILES string of the molecule is [C-]#[O+].[C-]#[O+].[C-]#[O+].[C-]#[O+].[CH3-].[Mn+2].[Mn].c1cc[cH-]c1.c1cc[cH-]c1. The normalized spacial score (nSPS) is 4.19. The molecule has 0 aliphatic carbocycles. The van der Waals surface area contributed by atoms with E-state index in [2.05, 4.69) is 26.6 Å². The summed E-state index contributed by atoms with van der Waals surface area (Å²) < 4.78 is 30.0. The Morgan fingerprint density at radius 2 is 0.667 bits per heavy atom. The van der Waals surface area contributed by atoms with E-state index in [1.807, 2.05) is 60.7 Å². The van der Waals surface area contributed by atoms with E-state index in [1.165, 1.54) is 0 Å². The molecular formula is C15H13Mn2O4-.